The monoisotopic (exact) mass is 946 g/mol. The zero-order valence-corrected chi connectivity index (χ0v) is 35.6. The fourth-order valence-corrected chi connectivity index (χ4v) is 6.38. The van der Waals surface area contributed by atoms with E-state index in [9.17, 15) is 0 Å². The summed E-state index contributed by atoms with van der Waals surface area (Å²) < 4.78 is 2.18. The summed E-state index contributed by atoms with van der Waals surface area (Å²) in [5, 5.41) is 4.89. The fourth-order valence-electron chi connectivity index (χ4n) is 6.38. The minimum Gasteiger partial charge on any atom is -0.374 e. The van der Waals surface area contributed by atoms with E-state index in [-0.39, 0.29) is 66.6 Å². The van der Waals surface area contributed by atoms with Gasteiger partial charge in [-0.3, -0.25) is 23.3 Å². The third-order valence-electron chi connectivity index (χ3n) is 9.12. The van der Waals surface area contributed by atoms with E-state index in [0.717, 1.165) is 50.5 Å². The van der Waals surface area contributed by atoms with Crippen molar-refractivity contribution in [1.29, 1.82) is 0 Å². The summed E-state index contributed by atoms with van der Waals surface area (Å²) in [5.74, 6) is 0.825. The van der Waals surface area contributed by atoms with Gasteiger partial charge in [0.15, 0.2) is 0 Å². The Kier molecular flexibility index (Phi) is 13.4. The van der Waals surface area contributed by atoms with Crippen LogP contribution in [0.3, 0.4) is 0 Å². The number of nitrogens with zero attached hydrogens (tertiary/aromatic N) is 3. The van der Waals surface area contributed by atoms with Crippen LogP contribution in [0, 0.1) is 24.3 Å². The van der Waals surface area contributed by atoms with Crippen molar-refractivity contribution < 1.29 is 52.8 Å². The van der Waals surface area contributed by atoms with Gasteiger partial charge in [0.25, 0.3) is 0 Å². The summed E-state index contributed by atoms with van der Waals surface area (Å²) in [6, 6.07) is 65.4. The molecule has 0 saturated carbocycles. The Hall–Kier alpha value is -4.50. The van der Waals surface area contributed by atoms with Gasteiger partial charge in [0.05, 0.1) is 11.0 Å². The average Bonchev–Trinajstić information content (AvgIpc) is 3.58. The minimum absolute atomic E-state index is 0. The molecule has 0 aliphatic carbocycles. The van der Waals surface area contributed by atoms with E-state index >= 15 is 0 Å². The van der Waals surface area contributed by atoms with Crippen molar-refractivity contribution in [2.75, 3.05) is 0 Å². The smallest absolute Gasteiger partial charge is 0.0668 e. The van der Waals surface area contributed by atoms with E-state index in [1.54, 1.807) is 0 Å². The molecule has 0 saturated heterocycles. The largest absolute Gasteiger partial charge is 0.374 e. The van der Waals surface area contributed by atoms with Crippen molar-refractivity contribution >= 4 is 41.0 Å². The first-order chi connectivity index (χ1) is 24.9. The van der Waals surface area contributed by atoms with Gasteiger partial charge in [-0.15, -0.1) is 59.5 Å². The van der Waals surface area contributed by atoms with Crippen LogP contribution in [0.4, 0.5) is 0 Å². The van der Waals surface area contributed by atoms with Gasteiger partial charge in [0, 0.05) is 73.1 Å². The second-order valence-corrected chi connectivity index (χ2v) is 13.6. The van der Waals surface area contributed by atoms with Crippen LogP contribution < -0.4 is 0 Å². The standard InChI is InChI=1S/C33H19N2.C15H16N.B.Ir.Y/c1-2-12-28(13-3-1)35-32-16-7-6-15-31(32)34-33(35)27-11-8-10-24(22-27)25-19-20-30-26(21-25)18-17-23-9-4-5-14-29(23)30;1-15(2,3)13-9-10-14(16-11-13)12-7-5-4-6-8-12;;;/h1-10,12-18,20-21H;4-7,9-11H,1-3H3;;;/q-3;-1;;;. The maximum atomic E-state index is 4.97. The topological polar surface area (TPSA) is 30.7 Å². The molecule has 0 fully saturated rings. The van der Waals surface area contributed by atoms with E-state index in [1.165, 1.54) is 27.1 Å². The molecule has 0 aliphatic rings. The molecule has 0 aliphatic heterocycles. The maximum Gasteiger partial charge on any atom is 0.0668 e. The van der Waals surface area contributed by atoms with Crippen LogP contribution in [0.25, 0.3) is 72.0 Å². The summed E-state index contributed by atoms with van der Waals surface area (Å²) in [7, 11) is 0. The SMILES string of the molecule is CC(C)(C)c1ccc(-c2[c-]cccc2)nc1.[B].[Ir].[Y].[c-]1ccc(-c2[c-]cc3c(ccc4ccccc43)c2)[c-]c1-c1nc2ccccc2n1-c1ccccc1. The summed E-state index contributed by atoms with van der Waals surface area (Å²) in [4.78, 5) is 9.45. The van der Waals surface area contributed by atoms with Crippen LogP contribution >= 0.6 is 0 Å². The number of imidazole rings is 1. The number of aromatic nitrogens is 3. The van der Waals surface area contributed by atoms with Crippen LogP contribution in [0.1, 0.15) is 26.3 Å². The number of fused-ring (bicyclic) bond motifs is 4. The number of benzene rings is 7. The molecule has 5 radical (unpaired) electrons. The third-order valence-corrected chi connectivity index (χ3v) is 9.12. The molecule has 0 bridgehead atoms. The second-order valence-electron chi connectivity index (χ2n) is 13.6. The Bertz CT molecular complexity index is 2620. The van der Waals surface area contributed by atoms with Gasteiger partial charge in [-0.05, 0) is 52.1 Å². The average molecular weight is 946 g/mol. The van der Waals surface area contributed by atoms with Crippen molar-refractivity contribution in [1.82, 2.24) is 14.5 Å². The van der Waals surface area contributed by atoms with Crippen LogP contribution in [-0.2, 0) is 58.2 Å². The molecule has 2 heterocycles. The fraction of sp³-hybridized carbons (Fsp3) is 0.0833. The molecule has 9 aromatic rings. The number of hydrogen-bond acceptors (Lipinski definition) is 2. The molecule has 0 unspecified atom stereocenters. The maximum absolute atomic E-state index is 4.97. The minimum atomic E-state index is 0. The molecule has 3 nitrogen and oxygen atoms in total. The molecular formula is C48H35BIrN3Y-4. The zero-order chi connectivity index (χ0) is 34.8. The van der Waals surface area contributed by atoms with E-state index in [4.69, 9.17) is 4.98 Å². The van der Waals surface area contributed by atoms with E-state index in [2.05, 4.69) is 133 Å². The van der Waals surface area contributed by atoms with E-state index < -0.39 is 0 Å². The molecule has 0 amide bonds. The molecule has 9 rings (SSSR count). The second kappa shape index (κ2) is 17.8. The Morgan fingerprint density at radius 2 is 1.35 bits per heavy atom. The summed E-state index contributed by atoms with van der Waals surface area (Å²) in [6.45, 7) is 6.58. The molecule has 0 atom stereocenters. The van der Waals surface area contributed by atoms with Crippen molar-refractivity contribution in [2.24, 2.45) is 0 Å². The molecule has 261 valence electrons. The molecule has 6 heteroatoms. The quantitative estimate of drug-likeness (QED) is 0.1000. The van der Waals surface area contributed by atoms with Crippen LogP contribution in [0.5, 0.6) is 0 Å². The predicted molar refractivity (Wildman–Crippen MR) is 216 cm³/mol. The number of hydrogen-bond donors (Lipinski definition) is 0. The van der Waals surface area contributed by atoms with E-state index in [1.807, 2.05) is 79.0 Å². The molecular weight excluding hydrogens is 910 g/mol. The molecule has 0 N–H and O–H groups in total. The van der Waals surface area contributed by atoms with Gasteiger partial charge in [0.1, 0.15) is 0 Å². The van der Waals surface area contributed by atoms with E-state index in [0.29, 0.717) is 0 Å². The molecule has 0 spiro atoms. The van der Waals surface area contributed by atoms with Gasteiger partial charge in [-0.2, -0.15) is 5.56 Å². The summed E-state index contributed by atoms with van der Waals surface area (Å²) in [5.41, 5.74) is 9.32. The van der Waals surface area contributed by atoms with Crippen molar-refractivity contribution in [2.45, 2.75) is 26.2 Å². The third kappa shape index (κ3) is 8.57. The van der Waals surface area contributed by atoms with Gasteiger partial charge >= 0.3 is 0 Å². The van der Waals surface area contributed by atoms with Crippen LogP contribution in [-0.4, -0.2) is 22.9 Å². The summed E-state index contributed by atoms with van der Waals surface area (Å²) >= 11 is 0. The number of rotatable bonds is 4. The molecule has 2 aromatic heterocycles. The first-order valence-electron chi connectivity index (χ1n) is 17.2. The van der Waals surface area contributed by atoms with Gasteiger partial charge < -0.3 is 20.6 Å². The predicted octanol–water partition coefficient (Wildman–Crippen LogP) is 11.5. The van der Waals surface area contributed by atoms with Crippen LogP contribution in [0.2, 0.25) is 0 Å². The Morgan fingerprint density at radius 1 is 0.611 bits per heavy atom. The first kappa shape index (κ1) is 40.7. The van der Waals surface area contributed by atoms with Crippen molar-refractivity contribution in [3.8, 4) is 39.5 Å². The van der Waals surface area contributed by atoms with Crippen LogP contribution in [0.15, 0.2) is 158 Å². The Labute approximate surface area is 358 Å². The molecule has 54 heavy (non-hydrogen) atoms. The van der Waals surface area contributed by atoms with Crippen molar-refractivity contribution in [3.63, 3.8) is 0 Å². The Balaban J connectivity index is 0.000000252. The Morgan fingerprint density at radius 3 is 2.11 bits per heavy atom. The first-order valence-corrected chi connectivity index (χ1v) is 17.2. The van der Waals surface area contributed by atoms with Gasteiger partial charge in [-0.25, -0.2) is 6.07 Å². The zero-order valence-electron chi connectivity index (χ0n) is 30.3. The molecule has 7 aromatic carbocycles. The van der Waals surface area contributed by atoms with Gasteiger partial charge in [0.2, 0.25) is 0 Å². The van der Waals surface area contributed by atoms with Gasteiger partial charge in [-0.1, -0.05) is 110 Å². The number of pyridine rings is 1. The normalized spacial score (nSPS) is 10.8. The number of para-hydroxylation sites is 3. The summed E-state index contributed by atoms with van der Waals surface area (Å²) in [6.07, 6.45) is 1.95. The van der Waals surface area contributed by atoms with Crippen molar-refractivity contribution in [3.05, 3.63) is 188 Å².